The lowest BCUT2D eigenvalue weighted by molar-refractivity contribution is 0.112. The van der Waals surface area contributed by atoms with Crippen molar-refractivity contribution in [1.82, 2.24) is 6.15 Å². The van der Waals surface area contributed by atoms with Crippen molar-refractivity contribution in [3.63, 3.8) is 0 Å². The predicted molar refractivity (Wildman–Crippen MR) is 60.2 cm³/mol. The molecule has 0 bridgehead atoms. The van der Waals surface area contributed by atoms with Crippen molar-refractivity contribution >= 4 is 11.4 Å². The van der Waals surface area contributed by atoms with Crippen LogP contribution in [0.5, 0.6) is 0 Å². The molecule has 0 amide bonds. The molecule has 1 aromatic carbocycles. The molecule has 0 aromatic heterocycles. The summed E-state index contributed by atoms with van der Waals surface area (Å²) >= 11 is -2.49. The van der Waals surface area contributed by atoms with Crippen molar-refractivity contribution in [3.8, 4) is 0 Å². The van der Waals surface area contributed by atoms with Crippen molar-refractivity contribution in [2.75, 3.05) is 0 Å². The second-order valence-corrected chi connectivity index (χ2v) is 4.19. The van der Waals surface area contributed by atoms with Gasteiger partial charge in [-0.05, 0) is 31.9 Å². The van der Waals surface area contributed by atoms with Gasteiger partial charge < -0.3 is 10.7 Å². The van der Waals surface area contributed by atoms with Gasteiger partial charge in [0.1, 0.15) is 5.60 Å². The number of hydrogen-bond acceptors (Lipinski definition) is 3. The maximum atomic E-state index is 10.5. The molecule has 0 radical (unpaired) electrons. The summed E-state index contributed by atoms with van der Waals surface area (Å²) < 4.78 is 25.8. The Hall–Kier alpha value is -0.750. The minimum atomic E-state index is -2.49. The van der Waals surface area contributed by atoms with E-state index in [1.165, 1.54) is 0 Å². The van der Waals surface area contributed by atoms with E-state index in [0.717, 1.165) is 11.1 Å². The van der Waals surface area contributed by atoms with Crippen LogP contribution in [0.4, 0.5) is 0 Å². The van der Waals surface area contributed by atoms with E-state index in [4.69, 9.17) is 4.18 Å². The Morgan fingerprint density at radius 2 is 1.87 bits per heavy atom. The molecule has 15 heavy (non-hydrogen) atoms. The van der Waals surface area contributed by atoms with Gasteiger partial charge >= 0.3 is 0 Å². The molecule has 4 nitrogen and oxygen atoms in total. The van der Waals surface area contributed by atoms with E-state index in [-0.39, 0.29) is 6.15 Å². The lowest BCUT2D eigenvalue weighted by Crippen LogP contribution is -2.23. The van der Waals surface area contributed by atoms with Gasteiger partial charge in [0.15, 0.2) is 0 Å². The maximum Gasteiger partial charge on any atom is 0.104 e. The standard InChI is InChI=1S/C10H14O3S.H3N/c1-8-6-4-5-7-9(8)10(2,3)13-14(11)12;/h4-7H,1-3H3,(H,11,12);1H3. The lowest BCUT2D eigenvalue weighted by atomic mass is 9.94. The Bertz CT molecular complexity index is 352. The molecule has 1 rings (SSSR count). The Balaban J connectivity index is 0.00000196. The first-order valence-corrected chi connectivity index (χ1v) is 5.28. The third-order valence-corrected chi connectivity index (χ3v) is 2.62. The van der Waals surface area contributed by atoms with E-state index in [1.807, 2.05) is 31.2 Å². The maximum absolute atomic E-state index is 10.5. The van der Waals surface area contributed by atoms with E-state index in [2.05, 4.69) is 0 Å². The second kappa shape index (κ2) is 5.37. The van der Waals surface area contributed by atoms with Gasteiger partial charge in [-0.2, -0.15) is 0 Å². The Morgan fingerprint density at radius 3 is 2.33 bits per heavy atom. The van der Waals surface area contributed by atoms with Gasteiger partial charge in [-0.15, -0.1) is 0 Å². The van der Waals surface area contributed by atoms with Crippen LogP contribution in [0.2, 0.25) is 0 Å². The fourth-order valence-electron chi connectivity index (χ4n) is 1.46. The average Bonchev–Trinajstić information content (AvgIpc) is 2.02. The lowest BCUT2D eigenvalue weighted by Gasteiger charge is -2.27. The zero-order valence-corrected chi connectivity index (χ0v) is 10.3. The summed E-state index contributed by atoms with van der Waals surface area (Å²) in [6, 6.07) is 7.56. The van der Waals surface area contributed by atoms with E-state index in [0.29, 0.717) is 0 Å². The highest BCUT2D eigenvalue weighted by molar-refractivity contribution is 7.74. The molecule has 0 saturated carbocycles. The van der Waals surface area contributed by atoms with Gasteiger partial charge in [0, 0.05) is 0 Å². The summed E-state index contributed by atoms with van der Waals surface area (Å²) in [5.74, 6) is 0. The largest absolute Gasteiger partial charge is 0.750 e. The van der Waals surface area contributed by atoms with Crippen molar-refractivity contribution < 1.29 is 12.9 Å². The number of hydrogen-bond donors (Lipinski definition) is 1. The molecule has 0 saturated heterocycles. The number of benzene rings is 1. The highest BCUT2D eigenvalue weighted by Gasteiger charge is 2.23. The molecule has 1 atom stereocenters. The molecular weight excluding hydrogens is 214 g/mol. The first-order chi connectivity index (χ1) is 6.43. The van der Waals surface area contributed by atoms with Gasteiger partial charge in [-0.1, -0.05) is 24.3 Å². The van der Waals surface area contributed by atoms with Crippen LogP contribution in [-0.2, 0) is 21.1 Å². The van der Waals surface area contributed by atoms with E-state index in [9.17, 15) is 8.76 Å². The van der Waals surface area contributed by atoms with Crippen molar-refractivity contribution in [2.45, 2.75) is 26.4 Å². The number of rotatable bonds is 3. The van der Waals surface area contributed by atoms with Crippen LogP contribution in [0.1, 0.15) is 25.0 Å². The molecule has 0 heterocycles. The van der Waals surface area contributed by atoms with E-state index < -0.39 is 17.0 Å². The SMILES string of the molecule is Cc1ccccc1C(C)(C)OS(=O)[O-].[NH4+]. The Morgan fingerprint density at radius 1 is 1.33 bits per heavy atom. The van der Waals surface area contributed by atoms with Gasteiger partial charge in [0.05, 0.1) is 11.4 Å². The van der Waals surface area contributed by atoms with Crippen LogP contribution in [0.3, 0.4) is 0 Å². The smallest absolute Gasteiger partial charge is 0.104 e. The highest BCUT2D eigenvalue weighted by Crippen LogP contribution is 2.27. The highest BCUT2D eigenvalue weighted by atomic mass is 32.2. The fraction of sp³-hybridized carbons (Fsp3) is 0.400. The summed E-state index contributed by atoms with van der Waals surface area (Å²) in [6.45, 7) is 5.38. The summed E-state index contributed by atoms with van der Waals surface area (Å²) in [7, 11) is 0. The van der Waals surface area contributed by atoms with Crippen LogP contribution in [0, 0.1) is 6.92 Å². The predicted octanol–water partition coefficient (Wildman–Crippen LogP) is 2.42. The van der Waals surface area contributed by atoms with Crippen molar-refractivity contribution in [1.29, 1.82) is 0 Å². The molecule has 1 aromatic rings. The third kappa shape index (κ3) is 3.71. The normalized spacial score (nSPS) is 13.1. The van der Waals surface area contributed by atoms with E-state index in [1.54, 1.807) is 13.8 Å². The molecule has 0 fully saturated rings. The summed E-state index contributed by atoms with van der Waals surface area (Å²) in [4.78, 5) is 0. The minimum absolute atomic E-state index is 0. The Kier molecular flexibility index (Phi) is 5.10. The van der Waals surface area contributed by atoms with Crippen LogP contribution in [0.25, 0.3) is 0 Å². The fourth-order valence-corrected chi connectivity index (χ4v) is 1.89. The Labute approximate surface area is 92.7 Å². The zero-order valence-electron chi connectivity index (χ0n) is 9.44. The molecule has 0 spiro atoms. The molecule has 5 heteroatoms. The average molecular weight is 231 g/mol. The molecule has 0 aliphatic rings. The zero-order chi connectivity index (χ0) is 10.8. The summed E-state index contributed by atoms with van der Waals surface area (Å²) in [6.07, 6.45) is 0. The number of aryl methyl sites for hydroxylation is 1. The van der Waals surface area contributed by atoms with E-state index >= 15 is 0 Å². The number of quaternary nitrogens is 1. The van der Waals surface area contributed by atoms with Crippen LogP contribution in [-0.4, -0.2) is 8.76 Å². The quantitative estimate of drug-likeness (QED) is 0.810. The van der Waals surface area contributed by atoms with Crippen molar-refractivity contribution in [2.24, 2.45) is 0 Å². The molecule has 0 aliphatic carbocycles. The molecular formula is C10H17NO3S. The van der Waals surface area contributed by atoms with Crippen LogP contribution < -0.4 is 6.15 Å². The topological polar surface area (TPSA) is 85.9 Å². The van der Waals surface area contributed by atoms with Gasteiger partial charge in [-0.3, -0.25) is 4.18 Å². The van der Waals surface area contributed by atoms with Crippen LogP contribution >= 0.6 is 0 Å². The third-order valence-electron chi connectivity index (χ3n) is 2.07. The van der Waals surface area contributed by atoms with Gasteiger partial charge in [-0.25, -0.2) is 4.21 Å². The molecule has 86 valence electrons. The molecule has 1 unspecified atom stereocenters. The van der Waals surface area contributed by atoms with Crippen molar-refractivity contribution in [3.05, 3.63) is 35.4 Å². The first kappa shape index (κ1) is 14.2. The van der Waals surface area contributed by atoms with Gasteiger partial charge in [0.25, 0.3) is 0 Å². The molecule has 0 aliphatic heterocycles. The summed E-state index contributed by atoms with van der Waals surface area (Å²) in [5, 5.41) is 0. The van der Waals surface area contributed by atoms with Gasteiger partial charge in [0.2, 0.25) is 0 Å². The summed E-state index contributed by atoms with van der Waals surface area (Å²) in [5.41, 5.74) is 1.09. The van der Waals surface area contributed by atoms with Crippen LogP contribution in [0.15, 0.2) is 24.3 Å². The first-order valence-electron chi connectivity index (χ1n) is 4.28. The monoisotopic (exact) mass is 231 g/mol. The minimum Gasteiger partial charge on any atom is -0.750 e. The second-order valence-electron chi connectivity index (χ2n) is 3.61. The molecule has 4 N–H and O–H groups in total.